The summed E-state index contributed by atoms with van der Waals surface area (Å²) in [7, 11) is 0. The van der Waals surface area contributed by atoms with Gasteiger partial charge in [0.1, 0.15) is 0 Å². The summed E-state index contributed by atoms with van der Waals surface area (Å²) in [5, 5.41) is 2.32. The molecule has 0 aliphatic heterocycles. The quantitative estimate of drug-likeness (QED) is 0.283. The van der Waals surface area contributed by atoms with Crippen LogP contribution in [0, 0.1) is 6.92 Å². The van der Waals surface area contributed by atoms with E-state index in [1.165, 1.54) is 16.5 Å². The van der Waals surface area contributed by atoms with Crippen LogP contribution >= 0.6 is 0 Å². The van der Waals surface area contributed by atoms with Gasteiger partial charge < -0.3 is 15.0 Å². The van der Waals surface area contributed by atoms with Gasteiger partial charge in [0.05, 0.1) is 11.4 Å². The number of hydrogen-bond acceptors (Lipinski definition) is 1. The molecule has 0 aliphatic rings. The van der Waals surface area contributed by atoms with Gasteiger partial charge in [-0.3, -0.25) is 4.79 Å². The molecule has 0 radical (unpaired) electrons. The van der Waals surface area contributed by atoms with E-state index < -0.39 is 0 Å². The van der Waals surface area contributed by atoms with E-state index in [4.69, 9.17) is 0 Å². The van der Waals surface area contributed by atoms with Gasteiger partial charge in [-0.1, -0.05) is 38.1 Å². The van der Waals surface area contributed by atoms with Crippen molar-refractivity contribution in [1.29, 1.82) is 0 Å². The van der Waals surface area contributed by atoms with Crippen LogP contribution in [0.2, 0.25) is 0 Å². The van der Waals surface area contributed by atoms with Crippen molar-refractivity contribution in [1.82, 2.24) is 15.0 Å². The van der Waals surface area contributed by atoms with Crippen LogP contribution in [0.4, 0.5) is 0 Å². The Morgan fingerprint density at radius 1 is 0.933 bits per heavy atom. The summed E-state index contributed by atoms with van der Waals surface area (Å²) >= 11 is 0. The van der Waals surface area contributed by atoms with Gasteiger partial charge in [-0.15, -0.1) is 0 Å². The fraction of sp³-hybridized carbons (Fsp3) is 0.192. The first-order valence-corrected chi connectivity index (χ1v) is 10.4. The number of Topliss-reactive ketones (excluding diaryl/α,β-unsaturated/α-hetero) is 1. The summed E-state index contributed by atoms with van der Waals surface area (Å²) < 4.78 is 0. The van der Waals surface area contributed by atoms with Crippen LogP contribution in [0.1, 0.15) is 48.3 Å². The van der Waals surface area contributed by atoms with E-state index in [0.29, 0.717) is 5.69 Å². The summed E-state index contributed by atoms with van der Waals surface area (Å²) in [6, 6.07) is 14.6. The monoisotopic (exact) mass is 395 g/mol. The molecule has 0 bridgehead atoms. The maximum Gasteiger partial charge on any atom is 0.176 e. The normalized spacial score (nSPS) is 11.8. The lowest BCUT2D eigenvalue weighted by molar-refractivity contribution is 0.101. The second kappa shape index (κ2) is 6.77. The van der Waals surface area contributed by atoms with E-state index >= 15 is 0 Å². The standard InChI is InChI=1S/C26H25N3O/c1-14(2)22-24(19-8-6-10-21-23(19)15(3)13-28-21)25(16(4)30)29-26(22)18-7-5-9-20-17(18)11-12-27-20/h5-14,27-29H,1-4H3. The van der Waals surface area contributed by atoms with Gasteiger partial charge >= 0.3 is 0 Å². The maximum atomic E-state index is 12.8. The molecular formula is C26H25N3O. The number of fused-ring (bicyclic) bond motifs is 2. The van der Waals surface area contributed by atoms with E-state index in [1.54, 1.807) is 6.92 Å². The molecule has 0 amide bonds. The van der Waals surface area contributed by atoms with E-state index in [1.807, 2.05) is 12.4 Å². The smallest absolute Gasteiger partial charge is 0.176 e. The fourth-order valence-corrected chi connectivity index (χ4v) is 4.72. The van der Waals surface area contributed by atoms with Crippen molar-refractivity contribution in [3.05, 3.63) is 71.7 Å². The molecule has 0 aliphatic carbocycles. The topological polar surface area (TPSA) is 64.4 Å². The van der Waals surface area contributed by atoms with Crippen molar-refractivity contribution >= 4 is 27.6 Å². The molecule has 3 N–H and O–H groups in total. The number of carbonyl (C=O) groups is 1. The molecule has 0 saturated heterocycles. The van der Waals surface area contributed by atoms with Gasteiger partial charge in [-0.05, 0) is 47.7 Å². The SMILES string of the molecule is CC(=O)c1[nH]c(-c2cccc3[nH]ccc23)c(C(C)C)c1-c1cccc2[nH]cc(C)c12. The molecule has 4 heteroatoms. The van der Waals surface area contributed by atoms with Crippen molar-refractivity contribution in [2.75, 3.05) is 0 Å². The van der Waals surface area contributed by atoms with Crippen molar-refractivity contribution in [2.24, 2.45) is 0 Å². The molecule has 0 spiro atoms. The Hall–Kier alpha value is -3.53. The molecule has 3 heterocycles. The predicted molar refractivity (Wildman–Crippen MR) is 124 cm³/mol. The molecule has 0 atom stereocenters. The third kappa shape index (κ3) is 2.64. The molecule has 0 saturated carbocycles. The Balaban J connectivity index is 1.91. The summed E-state index contributed by atoms with van der Waals surface area (Å²) in [6.07, 6.45) is 3.99. The highest BCUT2D eigenvalue weighted by molar-refractivity contribution is 6.09. The molecule has 2 aromatic carbocycles. The van der Waals surface area contributed by atoms with Crippen LogP contribution in [-0.4, -0.2) is 20.7 Å². The molecule has 0 unspecified atom stereocenters. The minimum atomic E-state index is 0.0459. The second-order valence-electron chi connectivity index (χ2n) is 8.32. The number of aromatic nitrogens is 3. The average Bonchev–Trinajstić information content (AvgIpc) is 3.44. The molecule has 4 nitrogen and oxygen atoms in total. The van der Waals surface area contributed by atoms with Crippen molar-refractivity contribution in [3.8, 4) is 22.4 Å². The highest BCUT2D eigenvalue weighted by Gasteiger charge is 2.26. The molecule has 30 heavy (non-hydrogen) atoms. The predicted octanol–water partition coefficient (Wildman–Crippen LogP) is 6.95. The summed E-state index contributed by atoms with van der Waals surface area (Å²) in [4.78, 5) is 23.0. The first kappa shape index (κ1) is 18.5. The lowest BCUT2D eigenvalue weighted by Crippen LogP contribution is -1.97. The Labute approximate surface area is 175 Å². The second-order valence-corrected chi connectivity index (χ2v) is 8.32. The van der Waals surface area contributed by atoms with Crippen molar-refractivity contribution < 1.29 is 4.79 Å². The largest absolute Gasteiger partial charge is 0.361 e. The molecule has 0 fully saturated rings. The number of hydrogen-bond donors (Lipinski definition) is 3. The average molecular weight is 396 g/mol. The molecule has 5 rings (SSSR count). The van der Waals surface area contributed by atoms with Crippen LogP contribution < -0.4 is 0 Å². The Bertz CT molecular complexity index is 1410. The summed E-state index contributed by atoms with van der Waals surface area (Å²) in [5.41, 5.74) is 9.48. The molecule has 3 aromatic heterocycles. The van der Waals surface area contributed by atoms with Gasteiger partial charge in [0, 0.05) is 52.3 Å². The van der Waals surface area contributed by atoms with Gasteiger partial charge in [-0.25, -0.2) is 0 Å². The zero-order valence-electron chi connectivity index (χ0n) is 17.7. The summed E-state index contributed by atoms with van der Waals surface area (Å²) in [5.74, 6) is 0.285. The van der Waals surface area contributed by atoms with Crippen LogP contribution in [0.3, 0.4) is 0 Å². The first-order chi connectivity index (χ1) is 14.5. The zero-order chi connectivity index (χ0) is 21.0. The minimum Gasteiger partial charge on any atom is -0.361 e. The van der Waals surface area contributed by atoms with E-state index in [-0.39, 0.29) is 11.7 Å². The van der Waals surface area contributed by atoms with Gasteiger partial charge in [-0.2, -0.15) is 0 Å². The molecule has 5 aromatic rings. The number of rotatable bonds is 4. The fourth-order valence-electron chi connectivity index (χ4n) is 4.72. The number of nitrogens with one attached hydrogen (secondary N) is 3. The number of aryl methyl sites for hydroxylation is 1. The number of ketones is 1. The van der Waals surface area contributed by atoms with Crippen molar-refractivity contribution in [2.45, 2.75) is 33.6 Å². The highest BCUT2D eigenvalue weighted by atomic mass is 16.1. The minimum absolute atomic E-state index is 0.0459. The zero-order valence-corrected chi connectivity index (χ0v) is 17.7. The van der Waals surface area contributed by atoms with Gasteiger partial charge in [0.15, 0.2) is 5.78 Å². The van der Waals surface area contributed by atoms with Gasteiger partial charge in [0.2, 0.25) is 0 Å². The number of aromatic amines is 3. The van der Waals surface area contributed by atoms with Gasteiger partial charge in [0.25, 0.3) is 0 Å². The Kier molecular flexibility index (Phi) is 4.17. The van der Waals surface area contributed by atoms with E-state index in [9.17, 15) is 4.79 Å². The Morgan fingerprint density at radius 3 is 2.40 bits per heavy atom. The lowest BCUT2D eigenvalue weighted by Gasteiger charge is -2.14. The number of benzene rings is 2. The summed E-state index contributed by atoms with van der Waals surface area (Å²) in [6.45, 7) is 8.14. The maximum absolute atomic E-state index is 12.8. The van der Waals surface area contributed by atoms with Crippen molar-refractivity contribution in [3.63, 3.8) is 0 Å². The highest BCUT2D eigenvalue weighted by Crippen LogP contribution is 2.44. The number of carbonyl (C=O) groups excluding carboxylic acids is 1. The van der Waals surface area contributed by atoms with Crippen LogP contribution in [0.5, 0.6) is 0 Å². The van der Waals surface area contributed by atoms with E-state index in [2.05, 4.69) is 78.2 Å². The van der Waals surface area contributed by atoms with Crippen LogP contribution in [0.15, 0.2) is 54.9 Å². The molecular weight excluding hydrogens is 370 g/mol. The van der Waals surface area contributed by atoms with Crippen LogP contribution in [-0.2, 0) is 0 Å². The Morgan fingerprint density at radius 2 is 1.67 bits per heavy atom. The molecule has 150 valence electrons. The van der Waals surface area contributed by atoms with E-state index in [0.717, 1.165) is 38.8 Å². The van der Waals surface area contributed by atoms with Crippen LogP contribution in [0.25, 0.3) is 44.2 Å². The third-order valence-corrected chi connectivity index (χ3v) is 6.00. The third-order valence-electron chi connectivity index (χ3n) is 6.00. The number of H-pyrrole nitrogens is 3. The first-order valence-electron chi connectivity index (χ1n) is 10.4. The lowest BCUT2D eigenvalue weighted by atomic mass is 9.88.